The summed E-state index contributed by atoms with van der Waals surface area (Å²) in [6, 6.07) is 12.8. The molecule has 22 heavy (non-hydrogen) atoms. The van der Waals surface area contributed by atoms with E-state index in [2.05, 4.69) is 0 Å². The molecule has 0 aliphatic carbocycles. The van der Waals surface area contributed by atoms with Gasteiger partial charge in [0.25, 0.3) is 0 Å². The van der Waals surface area contributed by atoms with Gasteiger partial charge in [0.15, 0.2) is 0 Å². The van der Waals surface area contributed by atoms with Crippen LogP contribution in [-0.2, 0) is 4.79 Å². The van der Waals surface area contributed by atoms with E-state index in [1.54, 1.807) is 48.5 Å². The lowest BCUT2D eigenvalue weighted by atomic mass is 10.2. The van der Waals surface area contributed by atoms with E-state index in [1.807, 2.05) is 0 Å². The van der Waals surface area contributed by atoms with Crippen LogP contribution in [0.3, 0.4) is 0 Å². The molecule has 2 aromatic rings. The Kier molecular flexibility index (Phi) is 5.43. The molecule has 0 aliphatic heterocycles. The maximum atomic E-state index is 11.6. The van der Waals surface area contributed by atoms with Crippen LogP contribution in [0.1, 0.15) is 27.1 Å². The molecule has 2 aromatic carbocycles. The second kappa shape index (κ2) is 7.73. The van der Waals surface area contributed by atoms with Crippen LogP contribution in [0.4, 0.5) is 0 Å². The zero-order valence-electron chi connectivity index (χ0n) is 11.7. The van der Waals surface area contributed by atoms with Crippen LogP contribution in [0.5, 0.6) is 11.5 Å². The van der Waals surface area contributed by atoms with Crippen LogP contribution in [0.15, 0.2) is 48.5 Å². The van der Waals surface area contributed by atoms with Gasteiger partial charge in [-0.15, -0.1) is 0 Å². The van der Waals surface area contributed by atoms with Crippen LogP contribution in [0.25, 0.3) is 0 Å². The lowest BCUT2D eigenvalue weighted by molar-refractivity contribution is -0.134. The number of aldehydes is 2. The minimum Gasteiger partial charge on any atom is -0.493 e. The lowest BCUT2D eigenvalue weighted by Crippen LogP contribution is -2.12. The summed E-state index contributed by atoms with van der Waals surface area (Å²) in [4.78, 5) is 32.7. The molecular formula is C17H14O5. The van der Waals surface area contributed by atoms with Crippen molar-refractivity contribution in [1.82, 2.24) is 0 Å². The molecule has 0 aromatic heterocycles. The highest BCUT2D eigenvalue weighted by molar-refractivity contribution is 5.76. The van der Waals surface area contributed by atoms with Gasteiger partial charge < -0.3 is 9.47 Å². The van der Waals surface area contributed by atoms with Crippen LogP contribution >= 0.6 is 0 Å². The Morgan fingerprint density at radius 1 is 0.818 bits per heavy atom. The molecule has 0 radical (unpaired) electrons. The SMILES string of the molecule is O=Cc1ccc(OCCC(=O)Oc2ccc(C=O)cc2)cc1. The molecule has 0 amide bonds. The molecule has 112 valence electrons. The number of carbonyl (C=O) groups is 3. The van der Waals surface area contributed by atoms with Crippen LogP contribution in [-0.4, -0.2) is 25.1 Å². The van der Waals surface area contributed by atoms with Crippen molar-refractivity contribution in [3.8, 4) is 11.5 Å². The van der Waals surface area contributed by atoms with Gasteiger partial charge >= 0.3 is 5.97 Å². The first-order chi connectivity index (χ1) is 10.7. The monoisotopic (exact) mass is 298 g/mol. The maximum absolute atomic E-state index is 11.6. The quantitative estimate of drug-likeness (QED) is 0.446. The van der Waals surface area contributed by atoms with Gasteiger partial charge in [0.2, 0.25) is 0 Å². The van der Waals surface area contributed by atoms with Crippen LogP contribution in [0.2, 0.25) is 0 Å². The lowest BCUT2D eigenvalue weighted by Gasteiger charge is -2.07. The Morgan fingerprint density at radius 3 is 1.82 bits per heavy atom. The zero-order valence-corrected chi connectivity index (χ0v) is 11.7. The molecule has 0 fully saturated rings. The van der Waals surface area contributed by atoms with Crippen molar-refractivity contribution < 1.29 is 23.9 Å². The second-order valence-electron chi connectivity index (χ2n) is 4.45. The topological polar surface area (TPSA) is 69.7 Å². The number of esters is 1. The standard InChI is InChI=1S/C17H14O5/c18-11-13-1-5-15(6-2-13)21-10-9-17(20)22-16-7-3-14(12-19)4-8-16/h1-8,11-12H,9-10H2. The number of carbonyl (C=O) groups excluding carboxylic acids is 3. The summed E-state index contributed by atoms with van der Waals surface area (Å²) < 4.78 is 10.5. The molecule has 0 atom stereocenters. The Hall–Kier alpha value is -2.95. The second-order valence-corrected chi connectivity index (χ2v) is 4.45. The number of benzene rings is 2. The van der Waals surface area contributed by atoms with E-state index in [4.69, 9.17) is 9.47 Å². The molecule has 0 unspecified atom stereocenters. The van der Waals surface area contributed by atoms with E-state index in [0.717, 1.165) is 12.6 Å². The summed E-state index contributed by atoms with van der Waals surface area (Å²) >= 11 is 0. The van der Waals surface area contributed by atoms with Crippen molar-refractivity contribution in [3.63, 3.8) is 0 Å². The smallest absolute Gasteiger partial charge is 0.314 e. The summed E-state index contributed by atoms with van der Waals surface area (Å²) in [7, 11) is 0. The largest absolute Gasteiger partial charge is 0.493 e. The minimum atomic E-state index is -0.427. The van der Waals surface area contributed by atoms with Gasteiger partial charge in [-0.1, -0.05) is 0 Å². The Balaban J connectivity index is 1.76. The van der Waals surface area contributed by atoms with Crippen molar-refractivity contribution in [1.29, 1.82) is 0 Å². The fourth-order valence-corrected chi connectivity index (χ4v) is 1.69. The Labute approximate surface area is 127 Å². The molecule has 0 saturated carbocycles. The van der Waals surface area contributed by atoms with Crippen molar-refractivity contribution in [2.45, 2.75) is 6.42 Å². The molecule has 0 saturated heterocycles. The van der Waals surface area contributed by atoms with Gasteiger partial charge in [-0.3, -0.25) is 14.4 Å². The van der Waals surface area contributed by atoms with Crippen molar-refractivity contribution >= 4 is 18.5 Å². The van der Waals surface area contributed by atoms with Gasteiger partial charge in [0.05, 0.1) is 13.0 Å². The number of rotatable bonds is 7. The molecule has 0 bridgehead atoms. The normalized spacial score (nSPS) is 9.82. The predicted molar refractivity (Wildman–Crippen MR) is 79.4 cm³/mol. The predicted octanol–water partition coefficient (Wildman–Crippen LogP) is 2.69. The molecule has 2 rings (SSSR count). The summed E-state index contributed by atoms with van der Waals surface area (Å²) in [6.45, 7) is 0.172. The van der Waals surface area contributed by atoms with E-state index < -0.39 is 5.97 Å². The van der Waals surface area contributed by atoms with Crippen molar-refractivity contribution in [2.75, 3.05) is 6.61 Å². The van der Waals surface area contributed by atoms with Crippen LogP contribution < -0.4 is 9.47 Å². The minimum absolute atomic E-state index is 0.0882. The summed E-state index contributed by atoms with van der Waals surface area (Å²) in [5, 5.41) is 0. The molecule has 5 nitrogen and oxygen atoms in total. The zero-order chi connectivity index (χ0) is 15.8. The molecule has 0 heterocycles. The third-order valence-electron chi connectivity index (χ3n) is 2.84. The van der Waals surface area contributed by atoms with E-state index in [9.17, 15) is 14.4 Å². The first kappa shape index (κ1) is 15.4. The maximum Gasteiger partial charge on any atom is 0.314 e. The third-order valence-corrected chi connectivity index (χ3v) is 2.84. The summed E-state index contributed by atoms with van der Waals surface area (Å²) in [5.41, 5.74) is 1.08. The first-order valence-electron chi connectivity index (χ1n) is 6.65. The highest BCUT2D eigenvalue weighted by atomic mass is 16.5. The average Bonchev–Trinajstić information content (AvgIpc) is 2.56. The van der Waals surface area contributed by atoms with E-state index >= 15 is 0 Å². The van der Waals surface area contributed by atoms with E-state index in [-0.39, 0.29) is 13.0 Å². The molecule has 0 aliphatic rings. The molecule has 0 N–H and O–H groups in total. The average molecular weight is 298 g/mol. The van der Waals surface area contributed by atoms with Gasteiger partial charge in [0, 0.05) is 11.1 Å². The first-order valence-corrected chi connectivity index (χ1v) is 6.65. The van der Waals surface area contributed by atoms with E-state index in [1.165, 1.54) is 0 Å². The van der Waals surface area contributed by atoms with Gasteiger partial charge in [-0.05, 0) is 48.5 Å². The third kappa shape index (κ3) is 4.56. The Bertz CT molecular complexity index is 644. The highest BCUT2D eigenvalue weighted by Crippen LogP contribution is 2.13. The van der Waals surface area contributed by atoms with Gasteiger partial charge in [-0.2, -0.15) is 0 Å². The molecular weight excluding hydrogens is 284 g/mol. The fourth-order valence-electron chi connectivity index (χ4n) is 1.69. The summed E-state index contributed by atoms with van der Waals surface area (Å²) in [6.07, 6.45) is 1.55. The number of hydrogen-bond acceptors (Lipinski definition) is 5. The number of ether oxygens (including phenoxy) is 2. The van der Waals surface area contributed by atoms with Crippen molar-refractivity contribution in [2.24, 2.45) is 0 Å². The van der Waals surface area contributed by atoms with Crippen molar-refractivity contribution in [3.05, 3.63) is 59.7 Å². The number of hydrogen-bond donors (Lipinski definition) is 0. The summed E-state index contributed by atoms with van der Waals surface area (Å²) in [5.74, 6) is 0.531. The Morgan fingerprint density at radius 2 is 1.32 bits per heavy atom. The van der Waals surface area contributed by atoms with Crippen LogP contribution in [0, 0.1) is 0 Å². The van der Waals surface area contributed by atoms with Gasteiger partial charge in [0.1, 0.15) is 24.1 Å². The molecule has 0 spiro atoms. The van der Waals surface area contributed by atoms with E-state index in [0.29, 0.717) is 22.6 Å². The molecule has 5 heteroatoms. The highest BCUT2D eigenvalue weighted by Gasteiger charge is 2.05. The van der Waals surface area contributed by atoms with Gasteiger partial charge in [-0.25, -0.2) is 0 Å². The fraction of sp³-hybridized carbons (Fsp3) is 0.118.